The van der Waals surface area contributed by atoms with Crippen molar-refractivity contribution in [3.8, 4) is 5.69 Å². The zero-order valence-electron chi connectivity index (χ0n) is 14.8. The van der Waals surface area contributed by atoms with Crippen molar-refractivity contribution >= 4 is 28.7 Å². The fraction of sp³-hybridized carbons (Fsp3) is 0.100. The number of amides is 1. The highest BCUT2D eigenvalue weighted by Crippen LogP contribution is 2.20. The quantitative estimate of drug-likeness (QED) is 0.389. The molecule has 1 amide bonds. The molecule has 28 heavy (non-hydrogen) atoms. The van der Waals surface area contributed by atoms with Crippen LogP contribution in [0, 0.1) is 0 Å². The minimum Gasteiger partial charge on any atom is -0.351 e. The molecule has 7 nitrogen and oxygen atoms in total. The predicted molar refractivity (Wildman–Crippen MR) is 108 cm³/mol. The second-order valence-electron chi connectivity index (χ2n) is 6.05. The first-order valence-electron chi connectivity index (χ1n) is 8.67. The third-order valence-corrected chi connectivity index (χ3v) is 5.07. The lowest BCUT2D eigenvalue weighted by Crippen LogP contribution is -2.26. The smallest absolute Gasteiger partial charge is 0.269 e. The average Bonchev–Trinajstić information content (AvgIpc) is 3.21. The van der Waals surface area contributed by atoms with Crippen LogP contribution in [0.5, 0.6) is 0 Å². The van der Waals surface area contributed by atoms with Crippen LogP contribution in [0.1, 0.15) is 5.56 Å². The summed E-state index contributed by atoms with van der Waals surface area (Å²) in [4.78, 5) is 29.7. The Morgan fingerprint density at radius 1 is 1.07 bits per heavy atom. The molecule has 0 fully saturated rings. The van der Waals surface area contributed by atoms with Crippen LogP contribution in [0.2, 0.25) is 0 Å². The number of thioether (sulfide) groups is 1. The topological polar surface area (TPSA) is 92.7 Å². The number of rotatable bonds is 6. The first-order valence-corrected chi connectivity index (χ1v) is 9.66. The second kappa shape index (κ2) is 8.10. The molecule has 0 bridgehead atoms. The van der Waals surface area contributed by atoms with Crippen LogP contribution >= 0.6 is 11.8 Å². The van der Waals surface area contributed by atoms with Gasteiger partial charge in [0.25, 0.3) is 5.56 Å². The minimum atomic E-state index is -0.225. The molecule has 0 aliphatic rings. The molecule has 140 valence electrons. The lowest BCUT2D eigenvalue weighted by molar-refractivity contribution is -0.118. The molecule has 0 unspecified atom stereocenters. The standard InChI is InChI=1S/C20H17N5O2S/c26-17(21-11-14-7-3-1-4-8-14)13-28-20-23-18-16(12-22-24-18)19(27)25(20)15-9-5-2-6-10-15/h1-10,12H,11,13H2,(H,21,26)(H,22,24). The molecule has 0 aliphatic carbocycles. The van der Waals surface area contributed by atoms with Gasteiger partial charge < -0.3 is 5.32 Å². The van der Waals surface area contributed by atoms with Crippen molar-refractivity contribution in [1.29, 1.82) is 0 Å². The molecule has 0 saturated carbocycles. The molecule has 0 aliphatic heterocycles. The van der Waals surface area contributed by atoms with Crippen LogP contribution in [0.4, 0.5) is 0 Å². The van der Waals surface area contributed by atoms with Crippen LogP contribution in [0.3, 0.4) is 0 Å². The number of hydrogen-bond donors (Lipinski definition) is 2. The first kappa shape index (κ1) is 18.0. The molecule has 8 heteroatoms. The van der Waals surface area contributed by atoms with Crippen molar-refractivity contribution < 1.29 is 4.79 Å². The number of carbonyl (C=O) groups excluding carboxylic acids is 1. The number of nitrogens with zero attached hydrogens (tertiary/aromatic N) is 3. The van der Waals surface area contributed by atoms with Gasteiger partial charge in [-0.05, 0) is 17.7 Å². The van der Waals surface area contributed by atoms with Gasteiger partial charge in [0.15, 0.2) is 10.8 Å². The number of H-pyrrole nitrogens is 1. The molecule has 4 aromatic rings. The fourth-order valence-electron chi connectivity index (χ4n) is 2.75. The molecular formula is C20H17N5O2S. The number of carbonyl (C=O) groups is 1. The second-order valence-corrected chi connectivity index (χ2v) is 7.00. The number of aromatic nitrogens is 4. The summed E-state index contributed by atoms with van der Waals surface area (Å²) in [6.45, 7) is 0.457. The summed E-state index contributed by atoms with van der Waals surface area (Å²) in [7, 11) is 0. The summed E-state index contributed by atoms with van der Waals surface area (Å²) in [5.41, 5.74) is 1.90. The Balaban J connectivity index is 1.56. The first-order chi connectivity index (χ1) is 13.7. The van der Waals surface area contributed by atoms with Gasteiger partial charge in [0.1, 0.15) is 5.39 Å². The largest absolute Gasteiger partial charge is 0.351 e. The molecule has 0 spiro atoms. The van der Waals surface area contributed by atoms with E-state index in [0.717, 1.165) is 5.56 Å². The van der Waals surface area contributed by atoms with E-state index in [0.29, 0.717) is 28.4 Å². The summed E-state index contributed by atoms with van der Waals surface area (Å²) in [5, 5.41) is 10.3. The maximum atomic E-state index is 12.9. The van der Waals surface area contributed by atoms with Gasteiger partial charge in [0.2, 0.25) is 5.91 Å². The highest BCUT2D eigenvalue weighted by Gasteiger charge is 2.15. The van der Waals surface area contributed by atoms with Crippen LogP contribution in [0.15, 0.2) is 76.8 Å². The van der Waals surface area contributed by atoms with Crippen LogP contribution in [0.25, 0.3) is 16.7 Å². The third-order valence-electron chi connectivity index (χ3n) is 4.13. The molecular weight excluding hydrogens is 374 g/mol. The minimum absolute atomic E-state index is 0.132. The highest BCUT2D eigenvalue weighted by atomic mass is 32.2. The Morgan fingerprint density at radius 3 is 2.54 bits per heavy atom. The SMILES string of the molecule is O=C(CSc1nc2[nH]ncc2c(=O)n1-c1ccccc1)NCc1ccccc1. The number of hydrogen-bond acceptors (Lipinski definition) is 5. The Kier molecular flexibility index (Phi) is 5.20. The maximum Gasteiger partial charge on any atom is 0.269 e. The molecule has 2 heterocycles. The lowest BCUT2D eigenvalue weighted by Gasteiger charge is -2.11. The number of benzene rings is 2. The molecule has 2 aromatic carbocycles. The summed E-state index contributed by atoms with van der Waals surface area (Å²) in [6.07, 6.45) is 1.46. The van der Waals surface area contributed by atoms with Crippen molar-refractivity contribution in [3.05, 3.63) is 82.8 Å². The maximum absolute atomic E-state index is 12.9. The third kappa shape index (κ3) is 3.81. The normalized spacial score (nSPS) is 10.9. The van der Waals surface area contributed by atoms with Gasteiger partial charge in [-0.2, -0.15) is 5.10 Å². The molecule has 0 atom stereocenters. The molecule has 2 aromatic heterocycles. The van der Waals surface area contributed by atoms with Gasteiger partial charge in [0.05, 0.1) is 17.6 Å². The van der Waals surface area contributed by atoms with Crippen molar-refractivity contribution in [2.45, 2.75) is 11.7 Å². The van der Waals surface area contributed by atoms with Gasteiger partial charge in [-0.15, -0.1) is 0 Å². The summed E-state index contributed by atoms with van der Waals surface area (Å²) in [5.74, 6) is 0.0126. The van der Waals surface area contributed by atoms with Crippen molar-refractivity contribution in [2.75, 3.05) is 5.75 Å². The van der Waals surface area contributed by atoms with Crippen molar-refractivity contribution in [3.63, 3.8) is 0 Å². The Morgan fingerprint density at radius 2 is 1.79 bits per heavy atom. The van der Waals surface area contributed by atoms with E-state index >= 15 is 0 Å². The lowest BCUT2D eigenvalue weighted by atomic mass is 10.2. The average molecular weight is 391 g/mol. The van der Waals surface area contributed by atoms with Gasteiger partial charge in [-0.25, -0.2) is 4.98 Å². The summed E-state index contributed by atoms with van der Waals surface area (Å²) in [6, 6.07) is 18.9. The number of para-hydroxylation sites is 1. The number of aromatic amines is 1. The van der Waals surface area contributed by atoms with Crippen LogP contribution in [-0.4, -0.2) is 31.4 Å². The highest BCUT2D eigenvalue weighted by molar-refractivity contribution is 7.99. The number of fused-ring (bicyclic) bond motifs is 1. The Labute approximate surface area is 164 Å². The van der Waals surface area contributed by atoms with E-state index in [4.69, 9.17) is 0 Å². The Bertz CT molecular complexity index is 1160. The van der Waals surface area contributed by atoms with E-state index in [-0.39, 0.29) is 17.2 Å². The van der Waals surface area contributed by atoms with E-state index in [9.17, 15) is 9.59 Å². The van der Waals surface area contributed by atoms with Crippen LogP contribution in [-0.2, 0) is 11.3 Å². The fourth-order valence-corrected chi connectivity index (χ4v) is 3.59. The van der Waals surface area contributed by atoms with Crippen LogP contribution < -0.4 is 10.9 Å². The zero-order chi connectivity index (χ0) is 19.3. The van der Waals surface area contributed by atoms with Gasteiger partial charge in [-0.1, -0.05) is 60.3 Å². The molecule has 0 radical (unpaired) electrons. The monoisotopic (exact) mass is 391 g/mol. The summed E-state index contributed by atoms with van der Waals surface area (Å²) < 4.78 is 1.51. The predicted octanol–water partition coefficient (Wildman–Crippen LogP) is 2.52. The van der Waals surface area contributed by atoms with E-state index < -0.39 is 0 Å². The zero-order valence-corrected chi connectivity index (χ0v) is 15.6. The van der Waals surface area contributed by atoms with E-state index in [1.165, 1.54) is 22.5 Å². The molecule has 4 rings (SSSR count). The Hall–Kier alpha value is -3.39. The van der Waals surface area contributed by atoms with Crippen molar-refractivity contribution in [1.82, 2.24) is 25.1 Å². The van der Waals surface area contributed by atoms with Gasteiger partial charge >= 0.3 is 0 Å². The molecule has 0 saturated heterocycles. The van der Waals surface area contributed by atoms with E-state index in [1.54, 1.807) is 0 Å². The molecule has 2 N–H and O–H groups in total. The summed E-state index contributed by atoms with van der Waals surface area (Å²) >= 11 is 1.21. The number of nitrogens with one attached hydrogen (secondary N) is 2. The van der Waals surface area contributed by atoms with Gasteiger partial charge in [-0.3, -0.25) is 19.3 Å². The van der Waals surface area contributed by atoms with E-state index in [1.807, 2.05) is 60.7 Å². The van der Waals surface area contributed by atoms with E-state index in [2.05, 4.69) is 20.5 Å². The van der Waals surface area contributed by atoms with Crippen molar-refractivity contribution in [2.24, 2.45) is 0 Å². The van der Waals surface area contributed by atoms with Gasteiger partial charge in [0, 0.05) is 6.54 Å².